The first-order valence-electron chi connectivity index (χ1n) is 6.07. The van der Waals surface area contributed by atoms with Gasteiger partial charge in [0.05, 0.1) is 4.47 Å². The van der Waals surface area contributed by atoms with Gasteiger partial charge in [-0.15, -0.1) is 0 Å². The summed E-state index contributed by atoms with van der Waals surface area (Å²) in [5.41, 5.74) is 3.23. The van der Waals surface area contributed by atoms with Gasteiger partial charge in [0.1, 0.15) is 5.82 Å². The van der Waals surface area contributed by atoms with Gasteiger partial charge >= 0.3 is 0 Å². The molecule has 2 rings (SSSR count). The SMILES string of the molecule is CCc1cc(Br)ccc1NCc1cccc(F)c1Br. The third-order valence-corrected chi connectivity index (χ3v) is 4.33. The van der Waals surface area contributed by atoms with Crippen molar-refractivity contribution in [2.24, 2.45) is 0 Å². The molecule has 0 radical (unpaired) electrons. The Kier molecular flexibility index (Phi) is 4.99. The smallest absolute Gasteiger partial charge is 0.137 e. The van der Waals surface area contributed by atoms with Crippen molar-refractivity contribution in [1.82, 2.24) is 0 Å². The van der Waals surface area contributed by atoms with E-state index < -0.39 is 0 Å². The molecule has 0 aliphatic heterocycles. The quantitative estimate of drug-likeness (QED) is 0.728. The lowest BCUT2D eigenvalue weighted by molar-refractivity contribution is 0.618. The second-order valence-corrected chi connectivity index (χ2v) is 5.93. The van der Waals surface area contributed by atoms with Crippen LogP contribution in [0.25, 0.3) is 0 Å². The monoisotopic (exact) mass is 385 g/mol. The van der Waals surface area contributed by atoms with Gasteiger partial charge in [-0.25, -0.2) is 4.39 Å². The highest BCUT2D eigenvalue weighted by atomic mass is 79.9. The summed E-state index contributed by atoms with van der Waals surface area (Å²) in [6, 6.07) is 11.2. The van der Waals surface area contributed by atoms with Gasteiger partial charge < -0.3 is 5.32 Å². The number of benzene rings is 2. The molecule has 1 nitrogen and oxygen atoms in total. The van der Waals surface area contributed by atoms with Crippen LogP contribution in [0.1, 0.15) is 18.1 Å². The van der Waals surface area contributed by atoms with Crippen molar-refractivity contribution in [3.63, 3.8) is 0 Å². The first-order chi connectivity index (χ1) is 9.11. The van der Waals surface area contributed by atoms with Crippen LogP contribution < -0.4 is 5.32 Å². The number of aryl methyl sites for hydroxylation is 1. The maximum atomic E-state index is 13.4. The highest BCUT2D eigenvalue weighted by Gasteiger charge is 2.06. The van der Waals surface area contributed by atoms with Crippen LogP contribution in [0.2, 0.25) is 0 Å². The number of anilines is 1. The summed E-state index contributed by atoms with van der Waals surface area (Å²) in [6.07, 6.45) is 0.950. The van der Waals surface area contributed by atoms with Gasteiger partial charge in [-0.05, 0) is 57.7 Å². The molecule has 4 heteroatoms. The molecule has 0 aliphatic carbocycles. The minimum atomic E-state index is -0.231. The molecule has 0 saturated carbocycles. The first kappa shape index (κ1) is 14.5. The van der Waals surface area contributed by atoms with Gasteiger partial charge in [0.2, 0.25) is 0 Å². The van der Waals surface area contributed by atoms with Gasteiger partial charge in [0.15, 0.2) is 0 Å². The van der Waals surface area contributed by atoms with Gasteiger partial charge in [0, 0.05) is 16.7 Å². The van der Waals surface area contributed by atoms with Crippen LogP contribution in [-0.2, 0) is 13.0 Å². The average Bonchev–Trinajstić information content (AvgIpc) is 2.41. The van der Waals surface area contributed by atoms with Crippen molar-refractivity contribution < 1.29 is 4.39 Å². The summed E-state index contributed by atoms with van der Waals surface area (Å²) in [6.45, 7) is 2.71. The van der Waals surface area contributed by atoms with Crippen LogP contribution in [0.3, 0.4) is 0 Å². The summed E-state index contributed by atoms with van der Waals surface area (Å²) in [5, 5.41) is 3.36. The van der Waals surface area contributed by atoms with Crippen molar-refractivity contribution in [1.29, 1.82) is 0 Å². The summed E-state index contributed by atoms with van der Waals surface area (Å²) in [7, 11) is 0. The van der Waals surface area contributed by atoms with Crippen molar-refractivity contribution in [2.45, 2.75) is 19.9 Å². The van der Waals surface area contributed by atoms with Gasteiger partial charge in [-0.1, -0.05) is 35.0 Å². The number of nitrogens with one attached hydrogen (secondary N) is 1. The van der Waals surface area contributed by atoms with E-state index in [-0.39, 0.29) is 5.82 Å². The molecule has 0 fully saturated rings. The van der Waals surface area contributed by atoms with E-state index in [2.05, 4.69) is 50.2 Å². The molecule has 0 amide bonds. The lowest BCUT2D eigenvalue weighted by Crippen LogP contribution is -2.03. The second kappa shape index (κ2) is 6.53. The minimum absolute atomic E-state index is 0.231. The van der Waals surface area contributed by atoms with E-state index in [4.69, 9.17) is 0 Å². The van der Waals surface area contributed by atoms with Gasteiger partial charge in [0.25, 0.3) is 0 Å². The van der Waals surface area contributed by atoms with Crippen molar-refractivity contribution in [3.05, 3.63) is 62.3 Å². The lowest BCUT2D eigenvalue weighted by Gasteiger charge is -2.12. The number of halogens is 3. The van der Waals surface area contributed by atoms with Crippen LogP contribution in [0.5, 0.6) is 0 Å². The van der Waals surface area contributed by atoms with Crippen molar-refractivity contribution in [3.8, 4) is 0 Å². The van der Waals surface area contributed by atoms with E-state index in [0.29, 0.717) is 11.0 Å². The van der Waals surface area contributed by atoms with Crippen LogP contribution in [0.15, 0.2) is 45.3 Å². The molecule has 100 valence electrons. The third-order valence-electron chi connectivity index (χ3n) is 2.95. The third kappa shape index (κ3) is 3.57. The van der Waals surface area contributed by atoms with Crippen LogP contribution >= 0.6 is 31.9 Å². The van der Waals surface area contributed by atoms with E-state index in [1.165, 1.54) is 11.6 Å². The van der Waals surface area contributed by atoms with Crippen LogP contribution in [0, 0.1) is 5.82 Å². The largest absolute Gasteiger partial charge is 0.381 e. The number of hydrogen-bond acceptors (Lipinski definition) is 1. The molecule has 0 heterocycles. The summed E-state index contributed by atoms with van der Waals surface area (Å²) in [5.74, 6) is -0.231. The van der Waals surface area contributed by atoms with E-state index in [1.807, 2.05) is 18.2 Å². The molecule has 0 aromatic heterocycles. The zero-order chi connectivity index (χ0) is 13.8. The van der Waals surface area contributed by atoms with E-state index in [9.17, 15) is 4.39 Å². The minimum Gasteiger partial charge on any atom is -0.381 e. The molecule has 2 aromatic carbocycles. The fraction of sp³-hybridized carbons (Fsp3) is 0.200. The molecule has 0 bridgehead atoms. The Morgan fingerprint density at radius 2 is 1.89 bits per heavy atom. The van der Waals surface area contributed by atoms with Crippen LogP contribution in [0.4, 0.5) is 10.1 Å². The lowest BCUT2D eigenvalue weighted by atomic mass is 10.1. The molecule has 1 N–H and O–H groups in total. The van der Waals surface area contributed by atoms with E-state index in [0.717, 1.165) is 22.1 Å². The maximum absolute atomic E-state index is 13.4. The highest BCUT2D eigenvalue weighted by Crippen LogP contribution is 2.24. The molecular weight excluding hydrogens is 373 g/mol. The summed E-state index contributed by atoms with van der Waals surface area (Å²) in [4.78, 5) is 0. The molecule has 0 unspecified atom stereocenters. The normalized spacial score (nSPS) is 10.5. The first-order valence-corrected chi connectivity index (χ1v) is 7.65. The Morgan fingerprint density at radius 1 is 1.11 bits per heavy atom. The van der Waals surface area contributed by atoms with Crippen molar-refractivity contribution >= 4 is 37.5 Å². The van der Waals surface area contributed by atoms with E-state index >= 15 is 0 Å². The average molecular weight is 387 g/mol. The molecule has 19 heavy (non-hydrogen) atoms. The zero-order valence-electron chi connectivity index (χ0n) is 10.5. The van der Waals surface area contributed by atoms with Gasteiger partial charge in [-0.2, -0.15) is 0 Å². The Bertz CT molecular complexity index is 584. The van der Waals surface area contributed by atoms with Gasteiger partial charge in [-0.3, -0.25) is 0 Å². The predicted octanol–water partition coefficient (Wildman–Crippen LogP) is 5.53. The Labute approximate surface area is 129 Å². The summed E-state index contributed by atoms with van der Waals surface area (Å²) < 4.78 is 15.0. The predicted molar refractivity (Wildman–Crippen MR) is 84.9 cm³/mol. The fourth-order valence-electron chi connectivity index (χ4n) is 1.90. The summed E-state index contributed by atoms with van der Waals surface area (Å²) >= 11 is 6.75. The maximum Gasteiger partial charge on any atom is 0.137 e. The standard InChI is InChI=1S/C15H14Br2FN/c1-2-10-8-12(16)6-7-14(10)19-9-11-4-3-5-13(18)15(11)17/h3-8,19H,2,9H2,1H3. The number of rotatable bonds is 4. The zero-order valence-corrected chi connectivity index (χ0v) is 13.7. The van der Waals surface area contributed by atoms with E-state index in [1.54, 1.807) is 6.07 Å². The Hall–Kier alpha value is -0.870. The topological polar surface area (TPSA) is 12.0 Å². The molecule has 0 saturated heterocycles. The van der Waals surface area contributed by atoms with Crippen LogP contribution in [-0.4, -0.2) is 0 Å². The Balaban J connectivity index is 2.17. The molecule has 0 aliphatic rings. The molecule has 0 atom stereocenters. The molecule has 0 spiro atoms. The highest BCUT2D eigenvalue weighted by molar-refractivity contribution is 9.10. The second-order valence-electron chi connectivity index (χ2n) is 4.22. The number of hydrogen-bond donors (Lipinski definition) is 1. The molecular formula is C15H14Br2FN. The Morgan fingerprint density at radius 3 is 2.63 bits per heavy atom. The van der Waals surface area contributed by atoms with Crippen molar-refractivity contribution in [2.75, 3.05) is 5.32 Å². The fourth-order valence-corrected chi connectivity index (χ4v) is 2.72. The molecule has 2 aromatic rings.